The van der Waals surface area contributed by atoms with Crippen LogP contribution in [0, 0.1) is 20.8 Å². The van der Waals surface area contributed by atoms with Gasteiger partial charge in [-0.3, -0.25) is 9.36 Å². The van der Waals surface area contributed by atoms with Crippen molar-refractivity contribution in [1.29, 1.82) is 0 Å². The highest BCUT2D eigenvalue weighted by molar-refractivity contribution is 7.16. The number of hydrogen-bond acceptors (Lipinski definition) is 3. The van der Waals surface area contributed by atoms with Gasteiger partial charge in [0.2, 0.25) is 0 Å². The second kappa shape index (κ2) is 4.49. The summed E-state index contributed by atoms with van der Waals surface area (Å²) in [5.41, 5.74) is 3.09. The maximum Gasteiger partial charge on any atom is 0.263 e. The van der Waals surface area contributed by atoms with E-state index >= 15 is 0 Å². The summed E-state index contributed by atoms with van der Waals surface area (Å²) in [6.07, 6.45) is 2.21. The second-order valence-electron chi connectivity index (χ2n) is 5.11. The van der Waals surface area contributed by atoms with Crippen LogP contribution in [0.3, 0.4) is 0 Å². The molecule has 0 atom stereocenters. The average Bonchev–Trinajstić information content (AvgIpc) is 2.99. The average molecular weight is 275 g/mol. The molecule has 0 aromatic carbocycles. The number of aromatic nitrogens is 2. The lowest BCUT2D eigenvalue weighted by molar-refractivity contribution is 0.0954. The molecule has 1 amide bonds. The molecule has 0 bridgehead atoms. The Morgan fingerprint density at radius 1 is 1.32 bits per heavy atom. The lowest BCUT2D eigenvalue weighted by atomic mass is 10.4. The van der Waals surface area contributed by atoms with Crippen LogP contribution in [0.4, 0.5) is 0 Å². The summed E-state index contributed by atoms with van der Waals surface area (Å²) >= 11 is 1.46. The Kier molecular flexibility index (Phi) is 2.93. The van der Waals surface area contributed by atoms with Gasteiger partial charge in [-0.1, -0.05) is 11.3 Å². The first-order valence-corrected chi connectivity index (χ1v) is 7.31. The third-order valence-electron chi connectivity index (χ3n) is 3.37. The van der Waals surface area contributed by atoms with Crippen LogP contribution in [0.2, 0.25) is 0 Å². The van der Waals surface area contributed by atoms with Crippen LogP contribution in [-0.2, 0) is 0 Å². The van der Waals surface area contributed by atoms with Crippen molar-refractivity contribution in [3.8, 4) is 5.13 Å². The van der Waals surface area contributed by atoms with Gasteiger partial charge in [-0.2, -0.15) is 0 Å². The molecular weight excluding hydrogens is 258 g/mol. The van der Waals surface area contributed by atoms with E-state index < -0.39 is 0 Å². The molecule has 0 aliphatic heterocycles. The number of carbonyl (C=O) groups excluding carboxylic acids is 1. The number of aryl methyl sites for hydroxylation is 3. The Balaban J connectivity index is 1.94. The number of nitrogens with one attached hydrogen (secondary N) is 1. The number of hydrogen-bond donors (Lipinski definition) is 1. The molecule has 1 aliphatic carbocycles. The van der Waals surface area contributed by atoms with Gasteiger partial charge < -0.3 is 5.32 Å². The molecule has 5 heteroatoms. The van der Waals surface area contributed by atoms with Crippen molar-refractivity contribution in [2.24, 2.45) is 0 Å². The maximum atomic E-state index is 12.1. The maximum absolute atomic E-state index is 12.1. The predicted molar refractivity (Wildman–Crippen MR) is 76.1 cm³/mol. The van der Waals surface area contributed by atoms with Gasteiger partial charge in [0.1, 0.15) is 4.88 Å². The Morgan fingerprint density at radius 2 is 1.95 bits per heavy atom. The molecular formula is C14H17N3OS. The first kappa shape index (κ1) is 12.4. The van der Waals surface area contributed by atoms with Gasteiger partial charge in [-0.05, 0) is 45.7 Å². The number of nitrogens with zero attached hydrogens (tertiary/aromatic N) is 2. The number of thiazole rings is 1. The molecule has 0 unspecified atom stereocenters. The molecule has 1 aliphatic rings. The smallest absolute Gasteiger partial charge is 0.263 e. The lowest BCUT2D eigenvalue weighted by Gasteiger charge is -2.03. The zero-order valence-electron chi connectivity index (χ0n) is 11.4. The highest BCUT2D eigenvalue weighted by Crippen LogP contribution is 2.26. The summed E-state index contributed by atoms with van der Waals surface area (Å²) in [5.74, 6) is 0.0196. The van der Waals surface area contributed by atoms with Gasteiger partial charge in [0.05, 0.1) is 5.69 Å². The van der Waals surface area contributed by atoms with Crippen LogP contribution < -0.4 is 5.32 Å². The van der Waals surface area contributed by atoms with Crippen LogP contribution in [0.1, 0.15) is 39.6 Å². The minimum Gasteiger partial charge on any atom is -0.349 e. The summed E-state index contributed by atoms with van der Waals surface area (Å²) in [5, 5.41) is 3.89. The molecule has 1 N–H and O–H groups in total. The van der Waals surface area contributed by atoms with E-state index in [0.717, 1.165) is 39.9 Å². The van der Waals surface area contributed by atoms with Gasteiger partial charge in [-0.15, -0.1) is 0 Å². The highest BCUT2D eigenvalue weighted by Gasteiger charge is 2.26. The van der Waals surface area contributed by atoms with Crippen molar-refractivity contribution in [3.63, 3.8) is 0 Å². The Labute approximate surface area is 116 Å². The largest absolute Gasteiger partial charge is 0.349 e. The van der Waals surface area contributed by atoms with Crippen molar-refractivity contribution in [2.75, 3.05) is 0 Å². The zero-order chi connectivity index (χ0) is 13.6. The molecule has 2 aromatic rings. The van der Waals surface area contributed by atoms with Gasteiger partial charge in [0.25, 0.3) is 5.91 Å². The van der Waals surface area contributed by atoms with Crippen LogP contribution in [0.15, 0.2) is 12.1 Å². The van der Waals surface area contributed by atoms with E-state index in [1.807, 2.05) is 20.8 Å². The number of carbonyl (C=O) groups is 1. The van der Waals surface area contributed by atoms with Gasteiger partial charge in [0.15, 0.2) is 5.13 Å². The van der Waals surface area contributed by atoms with E-state index in [1.54, 1.807) is 0 Å². The van der Waals surface area contributed by atoms with Crippen molar-refractivity contribution in [1.82, 2.24) is 14.9 Å². The summed E-state index contributed by atoms with van der Waals surface area (Å²) < 4.78 is 2.09. The van der Waals surface area contributed by atoms with Crippen LogP contribution in [0.25, 0.3) is 5.13 Å². The second-order valence-corrected chi connectivity index (χ2v) is 6.09. The lowest BCUT2D eigenvalue weighted by Crippen LogP contribution is -2.25. The molecule has 2 aromatic heterocycles. The first-order valence-electron chi connectivity index (χ1n) is 6.50. The quantitative estimate of drug-likeness (QED) is 0.936. The third kappa shape index (κ3) is 2.30. The number of rotatable bonds is 3. The molecule has 3 rings (SSSR count). The Bertz CT molecular complexity index is 618. The first-order chi connectivity index (χ1) is 9.06. The minimum atomic E-state index is 0.0196. The molecule has 2 heterocycles. The van der Waals surface area contributed by atoms with Crippen LogP contribution in [0.5, 0.6) is 0 Å². The van der Waals surface area contributed by atoms with Crippen LogP contribution in [-0.4, -0.2) is 21.5 Å². The fourth-order valence-electron chi connectivity index (χ4n) is 2.14. The zero-order valence-corrected chi connectivity index (χ0v) is 12.2. The highest BCUT2D eigenvalue weighted by atomic mass is 32.1. The molecule has 0 spiro atoms. The van der Waals surface area contributed by atoms with E-state index in [0.29, 0.717) is 6.04 Å². The fourth-order valence-corrected chi connectivity index (χ4v) is 3.23. The molecule has 0 radical (unpaired) electrons. The van der Waals surface area contributed by atoms with E-state index in [2.05, 4.69) is 27.0 Å². The van der Waals surface area contributed by atoms with Crippen molar-refractivity contribution < 1.29 is 4.79 Å². The van der Waals surface area contributed by atoms with E-state index in [4.69, 9.17) is 0 Å². The number of amides is 1. The molecule has 4 nitrogen and oxygen atoms in total. The van der Waals surface area contributed by atoms with Crippen LogP contribution >= 0.6 is 11.3 Å². The van der Waals surface area contributed by atoms with Gasteiger partial charge in [0, 0.05) is 17.4 Å². The van der Waals surface area contributed by atoms with Gasteiger partial charge in [-0.25, -0.2) is 4.98 Å². The summed E-state index contributed by atoms with van der Waals surface area (Å²) in [6, 6.07) is 4.51. The standard InChI is InChI=1S/C14H17N3OS/c1-8-4-5-9(2)17(8)14-15-10(3)12(19-14)13(18)16-11-6-7-11/h4-5,11H,6-7H2,1-3H3,(H,16,18). The van der Waals surface area contributed by atoms with Crippen molar-refractivity contribution in [2.45, 2.75) is 39.7 Å². The van der Waals surface area contributed by atoms with E-state index in [-0.39, 0.29) is 5.91 Å². The molecule has 100 valence electrons. The van der Waals surface area contributed by atoms with E-state index in [1.165, 1.54) is 11.3 Å². The monoisotopic (exact) mass is 275 g/mol. The summed E-state index contributed by atoms with van der Waals surface area (Å²) in [4.78, 5) is 17.4. The van der Waals surface area contributed by atoms with Gasteiger partial charge >= 0.3 is 0 Å². The van der Waals surface area contributed by atoms with E-state index in [9.17, 15) is 4.79 Å². The molecule has 1 fully saturated rings. The summed E-state index contributed by atoms with van der Waals surface area (Å²) in [6.45, 7) is 6.00. The normalized spacial score (nSPS) is 14.7. The predicted octanol–water partition coefficient (Wildman–Crippen LogP) is 2.75. The van der Waals surface area contributed by atoms with Crippen molar-refractivity contribution >= 4 is 17.2 Å². The SMILES string of the molecule is Cc1nc(-n2c(C)ccc2C)sc1C(=O)NC1CC1. The molecule has 1 saturated carbocycles. The third-order valence-corrected chi connectivity index (χ3v) is 4.51. The molecule has 0 saturated heterocycles. The topological polar surface area (TPSA) is 46.9 Å². The Morgan fingerprint density at radius 3 is 2.53 bits per heavy atom. The Hall–Kier alpha value is -1.62. The summed E-state index contributed by atoms with van der Waals surface area (Å²) in [7, 11) is 0. The molecule has 19 heavy (non-hydrogen) atoms. The van der Waals surface area contributed by atoms with Crippen molar-refractivity contribution in [3.05, 3.63) is 34.1 Å². The fraction of sp³-hybridized carbons (Fsp3) is 0.429. The minimum absolute atomic E-state index is 0.0196.